The van der Waals surface area contributed by atoms with Crippen LogP contribution in [0.5, 0.6) is 0 Å². The van der Waals surface area contributed by atoms with Crippen molar-refractivity contribution in [2.75, 3.05) is 0 Å². The Morgan fingerprint density at radius 1 is 0.565 bits per heavy atom. The third-order valence-electron chi connectivity index (χ3n) is 6.23. The first-order valence-corrected chi connectivity index (χ1v) is 10.7. The largest absolute Gasteiger partial charge is 0.325 e. The van der Waals surface area contributed by atoms with E-state index in [2.05, 4.69) is 34.6 Å². The fourth-order valence-electron chi connectivity index (χ4n) is 4.14. The maximum atomic E-state index is 6.48. The molecule has 0 heterocycles. The van der Waals surface area contributed by atoms with Gasteiger partial charge in [-0.05, 0) is 38.5 Å². The Kier molecular flexibility index (Phi) is 13.3. The summed E-state index contributed by atoms with van der Waals surface area (Å²) in [5.74, 6) is 0. The van der Waals surface area contributed by atoms with Crippen LogP contribution in [-0.2, 0) is 0 Å². The molecule has 0 aliphatic rings. The van der Waals surface area contributed by atoms with Crippen LogP contribution in [0.2, 0.25) is 0 Å². The van der Waals surface area contributed by atoms with Crippen LogP contribution < -0.4 is 5.73 Å². The van der Waals surface area contributed by atoms with Crippen LogP contribution in [0.4, 0.5) is 0 Å². The zero-order valence-corrected chi connectivity index (χ0v) is 17.2. The van der Waals surface area contributed by atoms with Crippen molar-refractivity contribution in [1.29, 1.82) is 0 Å². The van der Waals surface area contributed by atoms with Gasteiger partial charge in [0.1, 0.15) is 0 Å². The Bertz CT molecular complexity index is 247. The van der Waals surface area contributed by atoms with Crippen molar-refractivity contribution in [1.82, 2.24) is 0 Å². The summed E-state index contributed by atoms with van der Waals surface area (Å²) in [7, 11) is 0. The Hall–Kier alpha value is -0.0400. The van der Waals surface area contributed by atoms with E-state index in [1.54, 1.807) is 0 Å². The van der Waals surface area contributed by atoms with Gasteiger partial charge in [-0.1, -0.05) is 97.8 Å². The minimum atomic E-state index is -0.0473. The standard InChI is InChI=1S/C22H47N/c1-6-9-10-11-12-13-14-15-16-17-18-19-20-22(7-2,8-3)21(4,5)23/h6-20,23H2,1-5H3. The van der Waals surface area contributed by atoms with Crippen LogP contribution in [0.3, 0.4) is 0 Å². The molecule has 0 saturated heterocycles. The van der Waals surface area contributed by atoms with E-state index in [4.69, 9.17) is 5.73 Å². The molecule has 23 heavy (non-hydrogen) atoms. The highest BCUT2D eigenvalue weighted by Gasteiger charge is 2.38. The third-order valence-corrected chi connectivity index (χ3v) is 6.23. The monoisotopic (exact) mass is 325 g/mol. The van der Waals surface area contributed by atoms with Crippen molar-refractivity contribution in [3.05, 3.63) is 0 Å². The summed E-state index contributed by atoms with van der Waals surface area (Å²) in [6.45, 7) is 11.4. The molecular weight excluding hydrogens is 278 g/mol. The highest BCUT2D eigenvalue weighted by molar-refractivity contribution is 4.94. The normalized spacial score (nSPS) is 12.8. The molecule has 0 spiro atoms. The lowest BCUT2D eigenvalue weighted by atomic mass is 9.65. The van der Waals surface area contributed by atoms with E-state index in [1.165, 1.54) is 96.3 Å². The predicted molar refractivity (Wildman–Crippen MR) is 107 cm³/mol. The minimum Gasteiger partial charge on any atom is -0.325 e. The summed E-state index contributed by atoms with van der Waals surface area (Å²) in [5, 5.41) is 0. The van der Waals surface area contributed by atoms with Crippen molar-refractivity contribution >= 4 is 0 Å². The second kappa shape index (κ2) is 13.3. The molecule has 0 aliphatic carbocycles. The lowest BCUT2D eigenvalue weighted by Crippen LogP contribution is -2.50. The van der Waals surface area contributed by atoms with Crippen molar-refractivity contribution in [2.45, 2.75) is 136 Å². The maximum Gasteiger partial charge on any atom is 0.0154 e. The van der Waals surface area contributed by atoms with Gasteiger partial charge in [0, 0.05) is 5.54 Å². The van der Waals surface area contributed by atoms with E-state index in [0.29, 0.717) is 5.41 Å². The average Bonchev–Trinajstić information content (AvgIpc) is 2.51. The van der Waals surface area contributed by atoms with Gasteiger partial charge in [-0.2, -0.15) is 0 Å². The molecular formula is C22H47N. The first kappa shape index (κ1) is 23.0. The van der Waals surface area contributed by atoms with Gasteiger partial charge >= 0.3 is 0 Å². The molecule has 0 aromatic heterocycles. The molecule has 0 atom stereocenters. The Morgan fingerprint density at radius 2 is 0.913 bits per heavy atom. The van der Waals surface area contributed by atoms with E-state index < -0.39 is 0 Å². The summed E-state index contributed by atoms with van der Waals surface area (Å²) in [5.41, 5.74) is 6.77. The van der Waals surface area contributed by atoms with Crippen molar-refractivity contribution in [3.63, 3.8) is 0 Å². The van der Waals surface area contributed by atoms with Gasteiger partial charge < -0.3 is 5.73 Å². The van der Waals surface area contributed by atoms with Crippen molar-refractivity contribution in [3.8, 4) is 0 Å². The Labute approximate surface area is 148 Å². The van der Waals surface area contributed by atoms with E-state index in [9.17, 15) is 0 Å². The molecule has 0 saturated carbocycles. The first-order chi connectivity index (χ1) is 10.9. The molecule has 1 nitrogen and oxygen atoms in total. The van der Waals surface area contributed by atoms with E-state index in [0.717, 1.165) is 0 Å². The zero-order valence-electron chi connectivity index (χ0n) is 17.2. The molecule has 0 bridgehead atoms. The number of hydrogen-bond acceptors (Lipinski definition) is 1. The van der Waals surface area contributed by atoms with Crippen molar-refractivity contribution in [2.24, 2.45) is 11.1 Å². The van der Waals surface area contributed by atoms with Gasteiger partial charge in [-0.15, -0.1) is 0 Å². The van der Waals surface area contributed by atoms with Crippen LogP contribution >= 0.6 is 0 Å². The molecule has 2 N–H and O–H groups in total. The van der Waals surface area contributed by atoms with E-state index >= 15 is 0 Å². The summed E-state index contributed by atoms with van der Waals surface area (Å²) >= 11 is 0. The second-order valence-corrected chi connectivity index (χ2v) is 8.35. The average molecular weight is 326 g/mol. The van der Waals surface area contributed by atoms with Crippen LogP contribution in [0, 0.1) is 5.41 Å². The molecule has 0 rings (SSSR count). The smallest absolute Gasteiger partial charge is 0.0154 e. The fourth-order valence-corrected chi connectivity index (χ4v) is 4.14. The molecule has 1 heteroatoms. The highest BCUT2D eigenvalue weighted by Crippen LogP contribution is 2.41. The molecule has 0 aliphatic heterocycles. The number of hydrogen-bond donors (Lipinski definition) is 1. The van der Waals surface area contributed by atoms with Gasteiger partial charge in [0.2, 0.25) is 0 Å². The van der Waals surface area contributed by atoms with Crippen molar-refractivity contribution < 1.29 is 0 Å². The van der Waals surface area contributed by atoms with E-state index in [1.807, 2.05) is 0 Å². The summed E-state index contributed by atoms with van der Waals surface area (Å²) in [6, 6.07) is 0. The number of rotatable bonds is 16. The lowest BCUT2D eigenvalue weighted by molar-refractivity contribution is 0.116. The molecule has 0 fully saturated rings. The number of unbranched alkanes of at least 4 members (excludes halogenated alkanes) is 11. The Balaban J connectivity index is 3.58. The van der Waals surface area contributed by atoms with Crippen LogP contribution in [0.15, 0.2) is 0 Å². The molecule has 0 aromatic carbocycles. The lowest BCUT2D eigenvalue weighted by Gasteiger charge is -2.44. The van der Waals surface area contributed by atoms with Gasteiger partial charge in [-0.25, -0.2) is 0 Å². The number of nitrogens with two attached hydrogens (primary N) is 1. The molecule has 0 unspecified atom stereocenters. The highest BCUT2D eigenvalue weighted by atomic mass is 14.8. The quantitative estimate of drug-likeness (QED) is 0.290. The molecule has 140 valence electrons. The first-order valence-electron chi connectivity index (χ1n) is 10.7. The molecule has 0 amide bonds. The topological polar surface area (TPSA) is 26.0 Å². The summed E-state index contributed by atoms with van der Waals surface area (Å²) < 4.78 is 0. The van der Waals surface area contributed by atoms with Crippen LogP contribution in [0.1, 0.15) is 131 Å². The molecule has 0 aromatic rings. The third kappa shape index (κ3) is 9.75. The predicted octanol–water partition coefficient (Wildman–Crippen LogP) is 7.62. The SMILES string of the molecule is CCCCCCCCCCCCCCC(CC)(CC)C(C)(C)N. The summed E-state index contributed by atoms with van der Waals surface area (Å²) in [6.07, 6.45) is 20.9. The van der Waals surface area contributed by atoms with Gasteiger partial charge in [0.25, 0.3) is 0 Å². The van der Waals surface area contributed by atoms with Gasteiger partial charge in [-0.3, -0.25) is 0 Å². The minimum absolute atomic E-state index is 0.0473. The van der Waals surface area contributed by atoms with Gasteiger partial charge in [0.15, 0.2) is 0 Å². The van der Waals surface area contributed by atoms with Gasteiger partial charge in [0.05, 0.1) is 0 Å². The molecule has 0 radical (unpaired) electrons. The second-order valence-electron chi connectivity index (χ2n) is 8.35. The van der Waals surface area contributed by atoms with Crippen LogP contribution in [0.25, 0.3) is 0 Å². The zero-order chi connectivity index (χ0) is 17.6. The van der Waals surface area contributed by atoms with Crippen LogP contribution in [-0.4, -0.2) is 5.54 Å². The fraction of sp³-hybridized carbons (Fsp3) is 1.00. The van der Waals surface area contributed by atoms with E-state index in [-0.39, 0.29) is 5.54 Å². The summed E-state index contributed by atoms with van der Waals surface area (Å²) in [4.78, 5) is 0. The maximum absolute atomic E-state index is 6.48. The Morgan fingerprint density at radius 3 is 1.22 bits per heavy atom.